The molecule has 1 N–H and O–H groups in total. The molecule has 3 aliphatic heterocycles. The van der Waals surface area contributed by atoms with E-state index in [0.29, 0.717) is 11.7 Å². The molecule has 4 heterocycles. The van der Waals surface area contributed by atoms with Crippen LogP contribution < -0.4 is 0 Å². The number of carbonyl (C=O) groups is 1. The maximum Gasteiger partial charge on any atom is 0.272 e. The number of aliphatic hydroxyl groups excluding tert-OH is 1. The first-order chi connectivity index (χ1) is 13.1. The van der Waals surface area contributed by atoms with Crippen LogP contribution in [-0.4, -0.2) is 113 Å². The molecule has 1 amide bonds. The number of hydrogen-bond acceptors (Lipinski definition) is 6. The lowest BCUT2D eigenvalue weighted by molar-refractivity contribution is 0.0512. The van der Waals surface area contributed by atoms with E-state index in [-0.39, 0.29) is 18.1 Å². The van der Waals surface area contributed by atoms with Crippen molar-refractivity contribution in [1.29, 1.82) is 0 Å². The molecule has 27 heavy (non-hydrogen) atoms. The first kappa shape index (κ1) is 18.8. The number of aromatic nitrogens is 1. The molecule has 0 radical (unpaired) electrons. The van der Waals surface area contributed by atoms with Gasteiger partial charge in [-0.25, -0.2) is 0 Å². The third-order valence-electron chi connectivity index (χ3n) is 6.45. The standard InChI is InChI=1S/C20H31N5O2/c1-22-10-12-23(13-11-22)18-14-25(15-19(18)26)16-5-8-24(9-6-16)20(27)17-4-2-3-7-21-17/h2-4,7,16,18-19,26H,5-6,8-15H2,1H3/t18-,19-/m0/s1. The lowest BCUT2D eigenvalue weighted by Gasteiger charge is -2.38. The van der Waals surface area contributed by atoms with E-state index in [1.165, 1.54) is 0 Å². The van der Waals surface area contributed by atoms with Crippen molar-refractivity contribution >= 4 is 5.91 Å². The number of piperazine rings is 1. The Kier molecular flexibility index (Phi) is 5.73. The SMILES string of the molecule is CN1CCN([C@H]2CN(C3CCN(C(=O)c4ccccn4)CC3)C[C@@H]2O)CC1. The Bertz CT molecular complexity index is 627. The summed E-state index contributed by atoms with van der Waals surface area (Å²) in [7, 11) is 2.16. The van der Waals surface area contributed by atoms with Crippen LogP contribution in [0.3, 0.4) is 0 Å². The number of carbonyl (C=O) groups excluding carboxylic acids is 1. The van der Waals surface area contributed by atoms with Crippen LogP contribution in [0.1, 0.15) is 23.3 Å². The molecule has 2 atom stereocenters. The topological polar surface area (TPSA) is 63.2 Å². The maximum absolute atomic E-state index is 12.6. The molecular weight excluding hydrogens is 342 g/mol. The molecule has 0 aromatic carbocycles. The van der Waals surface area contributed by atoms with E-state index < -0.39 is 0 Å². The van der Waals surface area contributed by atoms with Crippen molar-refractivity contribution in [1.82, 2.24) is 24.6 Å². The van der Waals surface area contributed by atoms with E-state index in [1.54, 1.807) is 12.3 Å². The van der Waals surface area contributed by atoms with Gasteiger partial charge in [-0.15, -0.1) is 0 Å². The van der Waals surface area contributed by atoms with Crippen LogP contribution in [0.4, 0.5) is 0 Å². The van der Waals surface area contributed by atoms with Gasteiger partial charge in [0.05, 0.1) is 6.10 Å². The van der Waals surface area contributed by atoms with Crippen LogP contribution >= 0.6 is 0 Å². The van der Waals surface area contributed by atoms with Crippen molar-refractivity contribution in [3.05, 3.63) is 30.1 Å². The molecule has 0 bridgehead atoms. The van der Waals surface area contributed by atoms with E-state index in [1.807, 2.05) is 17.0 Å². The lowest BCUT2D eigenvalue weighted by Crippen LogP contribution is -2.53. The van der Waals surface area contributed by atoms with Gasteiger partial charge in [0.25, 0.3) is 5.91 Å². The second-order valence-electron chi connectivity index (χ2n) is 8.17. The average molecular weight is 374 g/mol. The van der Waals surface area contributed by atoms with Crippen molar-refractivity contribution in [2.24, 2.45) is 0 Å². The predicted molar refractivity (Wildman–Crippen MR) is 104 cm³/mol. The van der Waals surface area contributed by atoms with E-state index >= 15 is 0 Å². The fourth-order valence-corrected chi connectivity index (χ4v) is 4.69. The molecule has 1 aromatic heterocycles. The van der Waals surface area contributed by atoms with Gasteiger partial charge in [-0.1, -0.05) is 6.07 Å². The van der Waals surface area contributed by atoms with E-state index in [0.717, 1.165) is 65.2 Å². The van der Waals surface area contributed by atoms with Gasteiger partial charge < -0.3 is 14.9 Å². The molecule has 148 valence electrons. The molecular formula is C20H31N5O2. The summed E-state index contributed by atoms with van der Waals surface area (Å²) < 4.78 is 0. The Morgan fingerprint density at radius 3 is 2.44 bits per heavy atom. The molecule has 0 saturated carbocycles. The monoisotopic (exact) mass is 373 g/mol. The summed E-state index contributed by atoms with van der Waals surface area (Å²) in [6.45, 7) is 7.50. The molecule has 7 nitrogen and oxygen atoms in total. The van der Waals surface area contributed by atoms with E-state index in [4.69, 9.17) is 0 Å². The zero-order valence-corrected chi connectivity index (χ0v) is 16.2. The molecule has 0 unspecified atom stereocenters. The molecule has 4 rings (SSSR count). The fraction of sp³-hybridized carbons (Fsp3) is 0.700. The number of hydrogen-bond donors (Lipinski definition) is 1. The fourth-order valence-electron chi connectivity index (χ4n) is 4.69. The lowest BCUT2D eigenvalue weighted by atomic mass is 10.0. The Hall–Kier alpha value is -1.54. The first-order valence-corrected chi connectivity index (χ1v) is 10.2. The van der Waals surface area contributed by atoms with Crippen molar-refractivity contribution in [3.63, 3.8) is 0 Å². The number of rotatable bonds is 3. The van der Waals surface area contributed by atoms with Crippen LogP contribution in [-0.2, 0) is 0 Å². The summed E-state index contributed by atoms with van der Waals surface area (Å²) in [6.07, 6.45) is 3.35. The molecule has 0 spiro atoms. The smallest absolute Gasteiger partial charge is 0.272 e. The number of likely N-dealkylation sites (tertiary alicyclic amines) is 2. The first-order valence-electron chi connectivity index (χ1n) is 10.2. The highest BCUT2D eigenvalue weighted by Gasteiger charge is 2.40. The number of piperidine rings is 1. The number of likely N-dealkylation sites (N-methyl/N-ethyl adjacent to an activating group) is 1. The minimum absolute atomic E-state index is 0.0332. The van der Waals surface area contributed by atoms with Crippen LogP contribution in [0.5, 0.6) is 0 Å². The number of nitrogens with zero attached hydrogens (tertiary/aromatic N) is 5. The normalized spacial score (nSPS) is 29.3. The van der Waals surface area contributed by atoms with Gasteiger partial charge in [0.1, 0.15) is 5.69 Å². The predicted octanol–water partition coefficient (Wildman–Crippen LogP) is -0.0213. The van der Waals surface area contributed by atoms with Crippen LogP contribution in [0, 0.1) is 0 Å². The number of aliphatic hydroxyl groups is 1. The van der Waals surface area contributed by atoms with Gasteiger partial charge in [0, 0.05) is 70.6 Å². The maximum atomic E-state index is 12.6. The highest BCUT2D eigenvalue weighted by Crippen LogP contribution is 2.25. The summed E-state index contributed by atoms with van der Waals surface area (Å²) in [6, 6.07) is 6.19. The Morgan fingerprint density at radius 2 is 1.78 bits per heavy atom. The molecule has 0 aliphatic carbocycles. The summed E-state index contributed by atoms with van der Waals surface area (Å²) in [5.41, 5.74) is 0.530. The van der Waals surface area contributed by atoms with Gasteiger partial charge in [0.15, 0.2) is 0 Å². The van der Waals surface area contributed by atoms with Gasteiger partial charge in [-0.05, 0) is 32.0 Å². The third kappa shape index (κ3) is 4.16. The van der Waals surface area contributed by atoms with Crippen molar-refractivity contribution < 1.29 is 9.90 Å². The Morgan fingerprint density at radius 1 is 1.04 bits per heavy atom. The highest BCUT2D eigenvalue weighted by molar-refractivity contribution is 5.92. The zero-order valence-electron chi connectivity index (χ0n) is 16.2. The average Bonchev–Trinajstić information content (AvgIpc) is 3.10. The van der Waals surface area contributed by atoms with E-state index in [2.05, 4.69) is 26.7 Å². The van der Waals surface area contributed by atoms with Gasteiger partial charge in [-0.3, -0.25) is 19.6 Å². The summed E-state index contributed by atoms with van der Waals surface area (Å²) >= 11 is 0. The van der Waals surface area contributed by atoms with Crippen LogP contribution in [0.2, 0.25) is 0 Å². The number of pyridine rings is 1. The van der Waals surface area contributed by atoms with Crippen LogP contribution in [0.25, 0.3) is 0 Å². The number of β-amino-alcohol motifs (C(OH)–C–C–N with tert-alkyl or cyclic N) is 1. The third-order valence-corrected chi connectivity index (χ3v) is 6.45. The second-order valence-corrected chi connectivity index (χ2v) is 8.17. The minimum Gasteiger partial charge on any atom is -0.390 e. The van der Waals surface area contributed by atoms with Crippen molar-refractivity contribution in [2.45, 2.75) is 31.0 Å². The molecule has 3 aliphatic rings. The minimum atomic E-state index is -0.262. The van der Waals surface area contributed by atoms with Gasteiger partial charge in [-0.2, -0.15) is 0 Å². The highest BCUT2D eigenvalue weighted by atomic mass is 16.3. The molecule has 3 fully saturated rings. The Balaban J connectivity index is 1.29. The van der Waals surface area contributed by atoms with Crippen LogP contribution in [0.15, 0.2) is 24.4 Å². The van der Waals surface area contributed by atoms with Crippen molar-refractivity contribution in [2.75, 3.05) is 59.4 Å². The van der Waals surface area contributed by atoms with Gasteiger partial charge in [0.2, 0.25) is 0 Å². The van der Waals surface area contributed by atoms with Gasteiger partial charge >= 0.3 is 0 Å². The largest absolute Gasteiger partial charge is 0.390 e. The quantitative estimate of drug-likeness (QED) is 0.804. The Labute approximate surface area is 161 Å². The molecule has 7 heteroatoms. The molecule has 1 aromatic rings. The summed E-state index contributed by atoms with van der Waals surface area (Å²) in [5, 5.41) is 10.6. The second kappa shape index (κ2) is 8.22. The number of amides is 1. The molecule has 3 saturated heterocycles. The van der Waals surface area contributed by atoms with E-state index in [9.17, 15) is 9.90 Å². The summed E-state index contributed by atoms with van der Waals surface area (Å²) in [5.74, 6) is 0.0332. The zero-order chi connectivity index (χ0) is 18.8. The summed E-state index contributed by atoms with van der Waals surface area (Å²) in [4.78, 5) is 25.9. The van der Waals surface area contributed by atoms with Crippen molar-refractivity contribution in [3.8, 4) is 0 Å².